The van der Waals surface area contributed by atoms with Crippen LogP contribution in [0.4, 0.5) is 0 Å². The van der Waals surface area contributed by atoms with Gasteiger partial charge >= 0.3 is 11.9 Å². The van der Waals surface area contributed by atoms with Gasteiger partial charge in [0.15, 0.2) is 6.61 Å². The van der Waals surface area contributed by atoms with Crippen LogP contribution < -0.4 is 0 Å². The van der Waals surface area contributed by atoms with Crippen molar-refractivity contribution in [3.05, 3.63) is 46.0 Å². The summed E-state index contributed by atoms with van der Waals surface area (Å²) in [6.45, 7) is 1.34. The first-order chi connectivity index (χ1) is 9.93. The Kier molecular flexibility index (Phi) is 6.91. The Balaban J connectivity index is 2.53. The van der Waals surface area contributed by atoms with Crippen LogP contribution in [0.2, 0.25) is 10.0 Å². The third-order valence-corrected chi connectivity index (χ3v) is 2.77. The lowest BCUT2D eigenvalue weighted by Gasteiger charge is -2.04. The fraction of sp³-hybridized carbons (Fsp3) is 0.214. The number of halogens is 2. The van der Waals surface area contributed by atoms with E-state index in [1.807, 2.05) is 0 Å². The number of Topliss-reactive ketones (excluding diaryl/α,β-unsaturated/α-hetero) is 1. The van der Waals surface area contributed by atoms with Gasteiger partial charge in [-0.2, -0.15) is 0 Å². The molecule has 0 fully saturated rings. The highest BCUT2D eigenvalue weighted by molar-refractivity contribution is 6.36. The van der Waals surface area contributed by atoms with Gasteiger partial charge in [-0.3, -0.25) is 4.79 Å². The van der Waals surface area contributed by atoms with Gasteiger partial charge in [0.25, 0.3) is 0 Å². The lowest BCUT2D eigenvalue weighted by atomic mass is 10.1. The van der Waals surface area contributed by atoms with Crippen molar-refractivity contribution in [2.24, 2.45) is 0 Å². The summed E-state index contributed by atoms with van der Waals surface area (Å²) in [4.78, 5) is 34.1. The van der Waals surface area contributed by atoms with E-state index in [0.29, 0.717) is 5.02 Å². The highest BCUT2D eigenvalue weighted by atomic mass is 35.5. The van der Waals surface area contributed by atoms with Gasteiger partial charge in [-0.05, 0) is 25.1 Å². The molecule has 0 aliphatic rings. The van der Waals surface area contributed by atoms with E-state index in [-0.39, 0.29) is 17.2 Å². The summed E-state index contributed by atoms with van der Waals surface area (Å²) >= 11 is 11.6. The molecular formula is C14H12Cl2O5. The fourth-order valence-electron chi connectivity index (χ4n) is 1.30. The monoisotopic (exact) mass is 330 g/mol. The summed E-state index contributed by atoms with van der Waals surface area (Å²) in [5, 5.41) is 0.566. The number of rotatable bonds is 6. The zero-order valence-electron chi connectivity index (χ0n) is 11.1. The third-order valence-electron chi connectivity index (χ3n) is 2.22. The van der Waals surface area contributed by atoms with Gasteiger partial charge in [0.2, 0.25) is 5.78 Å². The lowest BCUT2D eigenvalue weighted by molar-refractivity contribution is -0.139. The average Bonchev–Trinajstić information content (AvgIpc) is 2.43. The second-order valence-electron chi connectivity index (χ2n) is 3.74. The summed E-state index contributed by atoms with van der Waals surface area (Å²) in [6, 6.07) is 4.36. The predicted molar refractivity (Wildman–Crippen MR) is 77.5 cm³/mol. The van der Waals surface area contributed by atoms with E-state index in [1.165, 1.54) is 18.2 Å². The number of carbonyl (C=O) groups is 3. The Morgan fingerprint density at radius 1 is 1.10 bits per heavy atom. The number of benzene rings is 1. The van der Waals surface area contributed by atoms with Crippen molar-refractivity contribution in [1.29, 1.82) is 0 Å². The largest absolute Gasteiger partial charge is 0.463 e. The first-order valence-electron chi connectivity index (χ1n) is 5.94. The van der Waals surface area contributed by atoms with E-state index in [4.69, 9.17) is 27.9 Å². The highest BCUT2D eigenvalue weighted by Crippen LogP contribution is 2.21. The molecule has 21 heavy (non-hydrogen) atoms. The molecule has 0 radical (unpaired) electrons. The number of hydrogen-bond acceptors (Lipinski definition) is 5. The topological polar surface area (TPSA) is 69.7 Å². The quantitative estimate of drug-likeness (QED) is 0.455. The van der Waals surface area contributed by atoms with Crippen LogP contribution in [-0.2, 0) is 19.1 Å². The second kappa shape index (κ2) is 8.44. The molecule has 1 aromatic carbocycles. The van der Waals surface area contributed by atoms with Crippen molar-refractivity contribution in [2.75, 3.05) is 13.2 Å². The van der Waals surface area contributed by atoms with Crippen molar-refractivity contribution in [3.63, 3.8) is 0 Å². The maximum atomic E-state index is 11.8. The van der Waals surface area contributed by atoms with Crippen LogP contribution in [0.25, 0.3) is 0 Å². The number of carbonyl (C=O) groups excluding carboxylic acids is 3. The van der Waals surface area contributed by atoms with E-state index >= 15 is 0 Å². The standard InChI is InChI=1S/C14H12Cl2O5/c1-2-20-13(18)5-6-14(19)21-8-12(17)10-4-3-9(15)7-11(10)16/h3-7H,2,8H2,1H3/b6-5+. The van der Waals surface area contributed by atoms with Gasteiger partial charge in [0.1, 0.15) is 0 Å². The molecule has 112 valence electrons. The Morgan fingerprint density at radius 3 is 2.29 bits per heavy atom. The van der Waals surface area contributed by atoms with Gasteiger partial charge in [-0.15, -0.1) is 0 Å². The van der Waals surface area contributed by atoms with E-state index in [0.717, 1.165) is 12.2 Å². The SMILES string of the molecule is CCOC(=O)/C=C/C(=O)OCC(=O)c1ccc(Cl)cc1Cl. The van der Waals surface area contributed by atoms with Gasteiger partial charge in [0, 0.05) is 22.7 Å². The molecule has 0 unspecified atom stereocenters. The third kappa shape index (κ3) is 5.97. The molecule has 7 heteroatoms. The molecule has 0 aromatic heterocycles. The number of ether oxygens (including phenoxy) is 2. The number of hydrogen-bond donors (Lipinski definition) is 0. The minimum absolute atomic E-state index is 0.172. The van der Waals surface area contributed by atoms with Crippen LogP contribution in [0.15, 0.2) is 30.4 Å². The molecule has 0 aliphatic carbocycles. The minimum Gasteiger partial charge on any atom is -0.463 e. The summed E-state index contributed by atoms with van der Waals surface area (Å²) in [5.74, 6) is -1.97. The van der Waals surface area contributed by atoms with Crippen LogP contribution in [0, 0.1) is 0 Å². The van der Waals surface area contributed by atoms with Crippen LogP contribution in [0.5, 0.6) is 0 Å². The van der Waals surface area contributed by atoms with Crippen molar-refractivity contribution in [2.45, 2.75) is 6.92 Å². The van der Waals surface area contributed by atoms with Crippen molar-refractivity contribution in [3.8, 4) is 0 Å². The maximum Gasteiger partial charge on any atom is 0.331 e. The molecule has 0 spiro atoms. The Hall–Kier alpha value is -1.85. The fourth-order valence-corrected chi connectivity index (χ4v) is 1.82. The summed E-state index contributed by atoms with van der Waals surface area (Å²) in [6.07, 6.45) is 1.81. The van der Waals surface area contributed by atoms with Gasteiger partial charge < -0.3 is 9.47 Å². The maximum absolute atomic E-state index is 11.8. The van der Waals surface area contributed by atoms with Crippen LogP contribution >= 0.6 is 23.2 Å². The van der Waals surface area contributed by atoms with E-state index in [9.17, 15) is 14.4 Å². The smallest absolute Gasteiger partial charge is 0.331 e. The van der Waals surface area contributed by atoms with Crippen molar-refractivity contribution >= 4 is 40.9 Å². The molecule has 0 N–H and O–H groups in total. The zero-order chi connectivity index (χ0) is 15.8. The number of esters is 2. The molecule has 0 saturated heterocycles. The molecule has 0 amide bonds. The summed E-state index contributed by atoms with van der Waals surface area (Å²) in [5.41, 5.74) is 0.197. The summed E-state index contributed by atoms with van der Waals surface area (Å²) in [7, 11) is 0. The second-order valence-corrected chi connectivity index (χ2v) is 4.58. The minimum atomic E-state index is -0.832. The first-order valence-corrected chi connectivity index (χ1v) is 6.69. The Bertz CT molecular complexity index is 581. The Morgan fingerprint density at radius 2 is 1.71 bits per heavy atom. The summed E-state index contributed by atoms with van der Waals surface area (Å²) < 4.78 is 9.28. The van der Waals surface area contributed by atoms with Gasteiger partial charge in [0.05, 0.1) is 11.6 Å². The first kappa shape index (κ1) is 17.2. The lowest BCUT2D eigenvalue weighted by Crippen LogP contribution is -2.13. The van der Waals surface area contributed by atoms with Gasteiger partial charge in [-0.25, -0.2) is 9.59 Å². The van der Waals surface area contributed by atoms with Gasteiger partial charge in [-0.1, -0.05) is 23.2 Å². The molecular weight excluding hydrogens is 319 g/mol. The van der Waals surface area contributed by atoms with Crippen LogP contribution in [0.3, 0.4) is 0 Å². The van der Waals surface area contributed by atoms with E-state index in [2.05, 4.69) is 4.74 Å². The normalized spacial score (nSPS) is 10.4. The average molecular weight is 331 g/mol. The van der Waals surface area contributed by atoms with E-state index < -0.39 is 24.3 Å². The predicted octanol–water partition coefficient (Wildman–Crippen LogP) is 2.84. The van der Waals surface area contributed by atoms with Crippen LogP contribution in [0.1, 0.15) is 17.3 Å². The molecule has 1 rings (SSSR count). The van der Waals surface area contributed by atoms with Crippen molar-refractivity contribution in [1.82, 2.24) is 0 Å². The van der Waals surface area contributed by atoms with Crippen molar-refractivity contribution < 1.29 is 23.9 Å². The molecule has 0 saturated carbocycles. The zero-order valence-corrected chi connectivity index (χ0v) is 12.6. The van der Waals surface area contributed by atoms with E-state index in [1.54, 1.807) is 6.92 Å². The Labute approximate surface area is 131 Å². The molecule has 0 heterocycles. The molecule has 0 atom stereocenters. The molecule has 0 aliphatic heterocycles. The molecule has 0 bridgehead atoms. The number of ketones is 1. The van der Waals surface area contributed by atoms with Crippen LogP contribution in [-0.4, -0.2) is 30.9 Å². The molecule has 5 nitrogen and oxygen atoms in total. The molecule has 1 aromatic rings. The highest BCUT2D eigenvalue weighted by Gasteiger charge is 2.12.